The van der Waals surface area contributed by atoms with Crippen LogP contribution < -0.4 is 10.9 Å². The number of rotatable bonds is 2. The van der Waals surface area contributed by atoms with Crippen LogP contribution in [0.15, 0.2) is 4.79 Å². The lowest BCUT2D eigenvalue weighted by atomic mass is 9.97. The Morgan fingerprint density at radius 3 is 2.52 bits per heavy atom. The van der Waals surface area contributed by atoms with Gasteiger partial charge in [-0.1, -0.05) is 12.8 Å². The van der Waals surface area contributed by atoms with Gasteiger partial charge in [0, 0.05) is 5.92 Å². The summed E-state index contributed by atoms with van der Waals surface area (Å²) in [6.45, 7) is 3.90. The summed E-state index contributed by atoms with van der Waals surface area (Å²) in [5.74, 6) is 1.20. The van der Waals surface area contributed by atoms with E-state index in [4.69, 9.17) is 4.98 Å². The molecule has 2 fully saturated rings. The van der Waals surface area contributed by atoms with Gasteiger partial charge >= 0.3 is 0 Å². The molecular formula is C16H24ClN5O. The van der Waals surface area contributed by atoms with Crippen molar-refractivity contribution in [3.05, 3.63) is 21.9 Å². The summed E-state index contributed by atoms with van der Waals surface area (Å²) in [6.07, 6.45) is 6.85. The Bertz CT molecular complexity index is 741. The maximum atomic E-state index is 12.5. The molecule has 2 aliphatic rings. The molecule has 126 valence electrons. The van der Waals surface area contributed by atoms with Crippen LogP contribution in [0.5, 0.6) is 0 Å². The van der Waals surface area contributed by atoms with E-state index >= 15 is 0 Å². The first-order valence-corrected chi connectivity index (χ1v) is 8.44. The molecule has 0 aromatic carbocycles. The lowest BCUT2D eigenvalue weighted by Gasteiger charge is -2.21. The van der Waals surface area contributed by atoms with E-state index in [-0.39, 0.29) is 18.0 Å². The molecular weight excluding hydrogens is 314 g/mol. The van der Waals surface area contributed by atoms with E-state index in [9.17, 15) is 4.79 Å². The molecule has 1 saturated carbocycles. The van der Waals surface area contributed by atoms with E-state index in [1.165, 1.54) is 12.8 Å². The van der Waals surface area contributed by atoms with E-state index < -0.39 is 0 Å². The van der Waals surface area contributed by atoms with Crippen LogP contribution in [0.1, 0.15) is 62.0 Å². The Balaban J connectivity index is 0.00000156. The summed E-state index contributed by atoms with van der Waals surface area (Å²) < 4.78 is 2.03. The third-order valence-corrected chi connectivity index (χ3v) is 5.15. The molecule has 1 saturated heterocycles. The van der Waals surface area contributed by atoms with E-state index in [1.807, 2.05) is 11.6 Å². The van der Waals surface area contributed by atoms with Gasteiger partial charge in [-0.2, -0.15) is 5.10 Å². The molecule has 1 aliphatic heterocycles. The average molecular weight is 338 g/mol. The molecule has 2 aromatic rings. The van der Waals surface area contributed by atoms with Crippen molar-refractivity contribution in [2.45, 2.75) is 57.4 Å². The Kier molecular flexibility index (Phi) is 4.73. The number of aromatic amines is 1. The van der Waals surface area contributed by atoms with Crippen molar-refractivity contribution in [2.75, 3.05) is 13.1 Å². The van der Waals surface area contributed by atoms with E-state index in [0.717, 1.165) is 55.9 Å². The Hall–Kier alpha value is -1.40. The zero-order valence-electron chi connectivity index (χ0n) is 13.5. The van der Waals surface area contributed by atoms with Gasteiger partial charge in [-0.3, -0.25) is 4.79 Å². The molecule has 7 heteroatoms. The molecule has 3 heterocycles. The van der Waals surface area contributed by atoms with Gasteiger partial charge in [0.25, 0.3) is 5.56 Å². The number of hydrogen-bond donors (Lipinski definition) is 2. The second kappa shape index (κ2) is 6.61. The summed E-state index contributed by atoms with van der Waals surface area (Å²) in [6, 6.07) is 0.409. The minimum absolute atomic E-state index is 0. The molecule has 4 rings (SSSR count). The lowest BCUT2D eigenvalue weighted by Crippen LogP contribution is -2.28. The first-order valence-electron chi connectivity index (χ1n) is 8.44. The minimum Gasteiger partial charge on any atom is -0.317 e. The minimum atomic E-state index is -0.0275. The number of fused-ring (bicyclic) bond motifs is 1. The highest BCUT2D eigenvalue weighted by Gasteiger charge is 2.25. The van der Waals surface area contributed by atoms with E-state index in [2.05, 4.69) is 15.4 Å². The van der Waals surface area contributed by atoms with Crippen LogP contribution in [-0.2, 0) is 0 Å². The van der Waals surface area contributed by atoms with Gasteiger partial charge in [0.05, 0.1) is 11.7 Å². The van der Waals surface area contributed by atoms with Crippen LogP contribution in [0.25, 0.3) is 11.0 Å². The van der Waals surface area contributed by atoms with Crippen molar-refractivity contribution in [3.8, 4) is 0 Å². The fourth-order valence-corrected chi connectivity index (χ4v) is 3.92. The van der Waals surface area contributed by atoms with Crippen LogP contribution >= 0.6 is 12.4 Å². The van der Waals surface area contributed by atoms with Crippen molar-refractivity contribution < 1.29 is 0 Å². The maximum Gasteiger partial charge on any atom is 0.262 e. The number of H-pyrrole nitrogens is 1. The van der Waals surface area contributed by atoms with Crippen LogP contribution in [0, 0.1) is 6.92 Å². The van der Waals surface area contributed by atoms with Crippen LogP contribution in [0.2, 0.25) is 0 Å². The highest BCUT2D eigenvalue weighted by Crippen LogP contribution is 2.32. The Morgan fingerprint density at radius 2 is 1.83 bits per heavy atom. The molecule has 0 unspecified atom stereocenters. The second-order valence-electron chi connectivity index (χ2n) is 6.64. The SMILES string of the molecule is Cc1nn(C2CCCC2)c2nc(C3CCNCC3)[nH]c(=O)c12.Cl. The number of halogens is 1. The second-order valence-corrected chi connectivity index (χ2v) is 6.64. The normalized spacial score (nSPS) is 20.0. The average Bonchev–Trinajstić information content (AvgIpc) is 3.16. The molecule has 2 aromatic heterocycles. The van der Waals surface area contributed by atoms with Gasteiger partial charge < -0.3 is 10.3 Å². The highest BCUT2D eigenvalue weighted by molar-refractivity contribution is 5.85. The lowest BCUT2D eigenvalue weighted by molar-refractivity contribution is 0.442. The molecule has 0 radical (unpaired) electrons. The third-order valence-electron chi connectivity index (χ3n) is 5.15. The quantitative estimate of drug-likeness (QED) is 0.882. The maximum absolute atomic E-state index is 12.5. The predicted octanol–water partition coefficient (Wildman–Crippen LogP) is 2.43. The molecule has 0 amide bonds. The van der Waals surface area contributed by atoms with Crippen molar-refractivity contribution in [3.63, 3.8) is 0 Å². The fourth-order valence-electron chi connectivity index (χ4n) is 3.92. The summed E-state index contributed by atoms with van der Waals surface area (Å²) >= 11 is 0. The van der Waals surface area contributed by atoms with E-state index in [0.29, 0.717) is 17.3 Å². The number of hydrogen-bond acceptors (Lipinski definition) is 4. The first kappa shape index (κ1) is 16.5. The van der Waals surface area contributed by atoms with Gasteiger partial charge in [-0.15, -0.1) is 12.4 Å². The summed E-state index contributed by atoms with van der Waals surface area (Å²) in [7, 11) is 0. The number of aryl methyl sites for hydroxylation is 1. The summed E-state index contributed by atoms with van der Waals surface area (Å²) in [5, 5.41) is 8.67. The van der Waals surface area contributed by atoms with E-state index in [1.54, 1.807) is 0 Å². The van der Waals surface area contributed by atoms with Gasteiger partial charge in [0.15, 0.2) is 5.65 Å². The van der Waals surface area contributed by atoms with Gasteiger partial charge in [0.2, 0.25) is 0 Å². The van der Waals surface area contributed by atoms with Crippen molar-refractivity contribution in [1.82, 2.24) is 25.1 Å². The summed E-state index contributed by atoms with van der Waals surface area (Å²) in [4.78, 5) is 20.4. The van der Waals surface area contributed by atoms with Crippen LogP contribution in [0.3, 0.4) is 0 Å². The standard InChI is InChI=1S/C16H23N5O.ClH/c1-10-13-15(21(20-10)12-4-2-3-5-12)18-14(19-16(13)22)11-6-8-17-9-7-11;/h11-12,17H,2-9H2,1H3,(H,18,19,22);1H. The number of nitrogens with zero attached hydrogens (tertiary/aromatic N) is 3. The Morgan fingerprint density at radius 1 is 1.13 bits per heavy atom. The number of piperidine rings is 1. The zero-order chi connectivity index (χ0) is 15.1. The fraction of sp³-hybridized carbons (Fsp3) is 0.688. The molecule has 0 bridgehead atoms. The van der Waals surface area contributed by atoms with Crippen molar-refractivity contribution in [1.29, 1.82) is 0 Å². The van der Waals surface area contributed by atoms with Crippen molar-refractivity contribution in [2.24, 2.45) is 0 Å². The summed E-state index contributed by atoms with van der Waals surface area (Å²) in [5.41, 5.74) is 1.56. The largest absolute Gasteiger partial charge is 0.317 e. The zero-order valence-corrected chi connectivity index (χ0v) is 14.3. The topological polar surface area (TPSA) is 75.6 Å². The molecule has 6 nitrogen and oxygen atoms in total. The predicted molar refractivity (Wildman–Crippen MR) is 92.5 cm³/mol. The molecule has 2 N–H and O–H groups in total. The molecule has 0 atom stereocenters. The Labute approximate surface area is 141 Å². The van der Waals surface area contributed by atoms with Crippen LogP contribution in [-0.4, -0.2) is 32.8 Å². The first-order chi connectivity index (χ1) is 10.7. The highest BCUT2D eigenvalue weighted by atomic mass is 35.5. The molecule has 23 heavy (non-hydrogen) atoms. The number of nitrogens with one attached hydrogen (secondary N) is 2. The molecule has 0 spiro atoms. The monoisotopic (exact) mass is 337 g/mol. The van der Waals surface area contributed by atoms with Crippen LogP contribution in [0.4, 0.5) is 0 Å². The van der Waals surface area contributed by atoms with Gasteiger partial charge in [0.1, 0.15) is 11.2 Å². The number of aromatic nitrogens is 4. The third kappa shape index (κ3) is 2.90. The van der Waals surface area contributed by atoms with Gasteiger partial charge in [-0.05, 0) is 45.7 Å². The van der Waals surface area contributed by atoms with Gasteiger partial charge in [-0.25, -0.2) is 9.67 Å². The van der Waals surface area contributed by atoms with Crippen molar-refractivity contribution >= 4 is 23.4 Å². The smallest absolute Gasteiger partial charge is 0.262 e. The molecule has 1 aliphatic carbocycles.